The summed E-state index contributed by atoms with van der Waals surface area (Å²) in [5, 5.41) is 10.6. The molecule has 0 heterocycles. The number of likely N-dealkylation sites (N-methyl/N-ethyl adjacent to an activating group) is 1. The third kappa shape index (κ3) is 7.40. The highest BCUT2D eigenvalue weighted by Gasteiger charge is 2.17. The molecular weight excluding hydrogens is 449 g/mol. The second-order valence-corrected chi connectivity index (χ2v) is 7.55. The van der Waals surface area contributed by atoms with Gasteiger partial charge in [0.1, 0.15) is 19.5 Å². The van der Waals surface area contributed by atoms with Crippen molar-refractivity contribution in [3.05, 3.63) is 101 Å². The van der Waals surface area contributed by atoms with Gasteiger partial charge in [0, 0.05) is 30.2 Å². The van der Waals surface area contributed by atoms with E-state index in [0.717, 1.165) is 11.1 Å². The van der Waals surface area contributed by atoms with E-state index in [1.54, 1.807) is 37.3 Å². The number of amides is 1. The molecule has 1 unspecified atom stereocenters. The van der Waals surface area contributed by atoms with Gasteiger partial charge >= 0.3 is 0 Å². The first-order valence-corrected chi connectivity index (χ1v) is 11.0. The van der Waals surface area contributed by atoms with Crippen molar-refractivity contribution in [1.29, 1.82) is 0 Å². The smallest absolute Gasteiger partial charge is 0.273 e. The molecule has 0 aliphatic carbocycles. The average Bonchev–Trinajstić information content (AvgIpc) is 2.88. The molecular formula is C27H28FN3O4. The lowest BCUT2D eigenvalue weighted by Crippen LogP contribution is -2.29. The van der Waals surface area contributed by atoms with Gasteiger partial charge in [0.25, 0.3) is 5.91 Å². The average molecular weight is 478 g/mol. The van der Waals surface area contributed by atoms with Gasteiger partial charge in [-0.25, -0.2) is 4.39 Å². The maximum atomic E-state index is 14.4. The molecule has 0 fully saturated rings. The Morgan fingerprint density at radius 2 is 1.74 bits per heavy atom. The third-order valence-electron chi connectivity index (χ3n) is 5.07. The molecule has 182 valence electrons. The van der Waals surface area contributed by atoms with Crippen LogP contribution in [0.3, 0.4) is 0 Å². The first-order chi connectivity index (χ1) is 17.0. The number of ether oxygens (including phenoxy) is 1. The molecule has 7 nitrogen and oxygen atoms in total. The summed E-state index contributed by atoms with van der Waals surface area (Å²) in [7, 11) is 2.89. The second kappa shape index (κ2) is 12.9. The second-order valence-electron chi connectivity index (χ2n) is 7.55. The van der Waals surface area contributed by atoms with Crippen molar-refractivity contribution in [1.82, 2.24) is 5.32 Å². The Kier molecular flexibility index (Phi) is 9.36. The van der Waals surface area contributed by atoms with Crippen LogP contribution in [0.4, 0.5) is 4.39 Å². The predicted molar refractivity (Wildman–Crippen MR) is 133 cm³/mol. The summed E-state index contributed by atoms with van der Waals surface area (Å²) in [6.07, 6.45) is -1.31. The van der Waals surface area contributed by atoms with Crippen LogP contribution in [0.1, 0.15) is 29.2 Å². The zero-order chi connectivity index (χ0) is 25.0. The van der Waals surface area contributed by atoms with E-state index in [2.05, 4.69) is 15.6 Å². The summed E-state index contributed by atoms with van der Waals surface area (Å²) in [6.45, 7) is 1.89. The lowest BCUT2D eigenvalue weighted by molar-refractivity contribution is -0.114. The molecule has 1 atom stereocenters. The Morgan fingerprint density at radius 1 is 1.00 bits per heavy atom. The largest absolute Gasteiger partial charge is 0.460 e. The van der Waals surface area contributed by atoms with Crippen LogP contribution < -0.4 is 10.1 Å². The van der Waals surface area contributed by atoms with Gasteiger partial charge in [0.15, 0.2) is 5.71 Å². The highest BCUT2D eigenvalue weighted by molar-refractivity contribution is 6.45. The van der Waals surface area contributed by atoms with E-state index in [4.69, 9.17) is 14.4 Å². The summed E-state index contributed by atoms with van der Waals surface area (Å²) in [6, 6.07) is 23.5. The summed E-state index contributed by atoms with van der Waals surface area (Å²) >= 11 is 0. The molecule has 1 N–H and O–H groups in total. The number of hydrogen-bond acceptors (Lipinski definition) is 6. The van der Waals surface area contributed by atoms with E-state index in [0.29, 0.717) is 22.6 Å². The van der Waals surface area contributed by atoms with Gasteiger partial charge in [-0.3, -0.25) is 4.79 Å². The van der Waals surface area contributed by atoms with Crippen molar-refractivity contribution in [2.24, 2.45) is 10.3 Å². The lowest BCUT2D eigenvalue weighted by Gasteiger charge is -2.13. The van der Waals surface area contributed by atoms with Crippen LogP contribution in [0, 0.1) is 0 Å². The van der Waals surface area contributed by atoms with Crippen molar-refractivity contribution in [2.75, 3.05) is 14.2 Å². The van der Waals surface area contributed by atoms with Gasteiger partial charge < -0.3 is 19.7 Å². The Balaban J connectivity index is 1.66. The van der Waals surface area contributed by atoms with E-state index in [1.165, 1.54) is 14.2 Å². The normalized spacial score (nSPS) is 12.6. The first-order valence-electron chi connectivity index (χ1n) is 11.0. The van der Waals surface area contributed by atoms with Gasteiger partial charge in [-0.15, -0.1) is 0 Å². The molecule has 0 saturated carbocycles. The van der Waals surface area contributed by atoms with E-state index >= 15 is 0 Å². The first kappa shape index (κ1) is 25.4. The molecule has 0 saturated heterocycles. The highest BCUT2D eigenvalue weighted by Crippen LogP contribution is 2.19. The maximum absolute atomic E-state index is 14.4. The summed E-state index contributed by atoms with van der Waals surface area (Å²) < 4.78 is 19.9. The van der Waals surface area contributed by atoms with Gasteiger partial charge in [0.05, 0.1) is 5.71 Å². The molecule has 0 aliphatic heterocycles. The Hall–Kier alpha value is -4.20. The number of hydrogen-bond donors (Lipinski definition) is 1. The minimum Gasteiger partial charge on any atom is -0.460 e. The fraction of sp³-hybridized carbons (Fsp3) is 0.222. The standard InChI is InChI=1S/C27H28FN3O4/c1-19(21-13-9-14-23(17-21)35-25(28)16-20-10-5-4-6-11-20)30-34-18-22-12-7-8-15-24(22)26(31-33-3)27(32)29-2/h4-15,17,25H,16,18H2,1-3H3,(H,29,32)/b30-19?,31-26+. The molecule has 3 rings (SSSR count). The van der Waals surface area contributed by atoms with E-state index in [-0.39, 0.29) is 24.6 Å². The maximum Gasteiger partial charge on any atom is 0.273 e. The minimum atomic E-state index is -1.47. The summed E-state index contributed by atoms with van der Waals surface area (Å²) in [5.41, 5.74) is 3.60. The number of oxime groups is 2. The molecule has 3 aromatic rings. The van der Waals surface area contributed by atoms with Crippen molar-refractivity contribution in [2.45, 2.75) is 26.3 Å². The third-order valence-corrected chi connectivity index (χ3v) is 5.07. The van der Waals surface area contributed by atoms with Crippen molar-refractivity contribution >= 4 is 17.3 Å². The van der Waals surface area contributed by atoms with Crippen LogP contribution in [0.15, 0.2) is 89.2 Å². The number of benzene rings is 3. The minimum absolute atomic E-state index is 0.104. The number of carbonyl (C=O) groups is 1. The zero-order valence-electron chi connectivity index (χ0n) is 19.9. The molecule has 1 amide bonds. The lowest BCUT2D eigenvalue weighted by atomic mass is 10.0. The quantitative estimate of drug-likeness (QED) is 0.322. The van der Waals surface area contributed by atoms with Crippen LogP contribution >= 0.6 is 0 Å². The Bertz CT molecular complexity index is 1180. The van der Waals surface area contributed by atoms with E-state index in [9.17, 15) is 9.18 Å². The van der Waals surface area contributed by atoms with Crippen LogP contribution in [-0.4, -0.2) is 37.8 Å². The molecule has 35 heavy (non-hydrogen) atoms. The molecule has 0 spiro atoms. The molecule has 0 aromatic heterocycles. The van der Waals surface area contributed by atoms with Crippen LogP contribution in [0.2, 0.25) is 0 Å². The Labute approximate surface area is 204 Å². The van der Waals surface area contributed by atoms with Gasteiger partial charge in [-0.1, -0.05) is 77.0 Å². The number of rotatable bonds is 11. The summed E-state index contributed by atoms with van der Waals surface area (Å²) in [5.74, 6) is 0.0195. The van der Waals surface area contributed by atoms with Gasteiger partial charge in [-0.2, -0.15) is 0 Å². The zero-order valence-corrected chi connectivity index (χ0v) is 19.9. The van der Waals surface area contributed by atoms with E-state index < -0.39 is 6.36 Å². The predicted octanol–water partition coefficient (Wildman–Crippen LogP) is 4.64. The van der Waals surface area contributed by atoms with Crippen molar-refractivity contribution in [3.8, 4) is 5.75 Å². The summed E-state index contributed by atoms with van der Waals surface area (Å²) in [4.78, 5) is 22.6. The van der Waals surface area contributed by atoms with Crippen LogP contribution in [0.5, 0.6) is 5.75 Å². The molecule has 8 heteroatoms. The number of nitrogens with zero attached hydrogens (tertiary/aromatic N) is 2. The topological polar surface area (TPSA) is 81.5 Å². The van der Waals surface area contributed by atoms with Crippen LogP contribution in [-0.2, 0) is 27.5 Å². The number of halogens is 1. The fourth-order valence-corrected chi connectivity index (χ4v) is 3.33. The molecule has 3 aromatic carbocycles. The number of nitrogens with one attached hydrogen (secondary N) is 1. The fourth-order valence-electron chi connectivity index (χ4n) is 3.33. The number of carbonyl (C=O) groups excluding carboxylic acids is 1. The monoisotopic (exact) mass is 477 g/mol. The van der Waals surface area contributed by atoms with Crippen LogP contribution in [0.25, 0.3) is 0 Å². The number of alkyl halides is 1. The van der Waals surface area contributed by atoms with E-state index in [1.807, 2.05) is 48.5 Å². The highest BCUT2D eigenvalue weighted by atomic mass is 19.1. The molecule has 0 aliphatic rings. The SMILES string of the molecule is CNC(=O)/C(=N/OC)c1ccccc1CON=C(C)c1cccc(OC(F)Cc2ccccc2)c1. The molecule has 0 radical (unpaired) electrons. The van der Waals surface area contributed by atoms with Crippen molar-refractivity contribution < 1.29 is 23.6 Å². The van der Waals surface area contributed by atoms with Gasteiger partial charge in [0.2, 0.25) is 6.36 Å². The van der Waals surface area contributed by atoms with Crippen molar-refractivity contribution in [3.63, 3.8) is 0 Å². The van der Waals surface area contributed by atoms with Gasteiger partial charge in [-0.05, 0) is 24.6 Å². The Morgan fingerprint density at radius 3 is 2.49 bits per heavy atom. The molecule has 0 bridgehead atoms.